The zero-order valence-electron chi connectivity index (χ0n) is 12.2. The van der Waals surface area contributed by atoms with Crippen LogP contribution < -0.4 is 10.6 Å². The van der Waals surface area contributed by atoms with Gasteiger partial charge in [0.25, 0.3) is 0 Å². The summed E-state index contributed by atoms with van der Waals surface area (Å²) in [6, 6.07) is 0. The summed E-state index contributed by atoms with van der Waals surface area (Å²) in [5.41, 5.74) is 0. The molecule has 0 atom stereocenters. The van der Waals surface area contributed by atoms with Gasteiger partial charge in [-0.3, -0.25) is 20.2 Å². The highest BCUT2D eigenvalue weighted by Gasteiger charge is 2.67. The van der Waals surface area contributed by atoms with Crippen LogP contribution in [0.1, 0.15) is 9.75 Å². The van der Waals surface area contributed by atoms with Gasteiger partial charge < -0.3 is 0 Å². The quantitative estimate of drug-likeness (QED) is 0.779. The molecule has 130 valence electrons. The number of carbonyl (C=O) groups is 2. The first-order valence-corrected chi connectivity index (χ1v) is 7.90. The van der Waals surface area contributed by atoms with Crippen molar-refractivity contribution in [3.05, 3.63) is 22.1 Å². The third-order valence-corrected chi connectivity index (χ3v) is 4.30. The summed E-state index contributed by atoms with van der Waals surface area (Å²) in [6.45, 7) is 3.17. The van der Waals surface area contributed by atoms with Gasteiger partial charge in [0.2, 0.25) is 0 Å². The molecule has 0 unspecified atom stereocenters. The Kier molecular flexibility index (Phi) is 4.90. The number of nitrogens with one attached hydrogen (secondary N) is 2. The van der Waals surface area contributed by atoms with Crippen molar-refractivity contribution in [1.29, 1.82) is 0 Å². The molecule has 6 nitrogen and oxygen atoms in total. The lowest BCUT2D eigenvalue weighted by molar-refractivity contribution is -0.204. The first-order valence-electron chi connectivity index (χ1n) is 6.27. The Morgan fingerprint density at radius 1 is 0.875 bits per heavy atom. The molecule has 0 aromatic carbocycles. The molecule has 0 bridgehead atoms. The van der Waals surface area contributed by atoms with Gasteiger partial charge in [-0.05, 0) is 13.8 Å². The molecule has 12 heteroatoms. The molecule has 0 saturated heterocycles. The van der Waals surface area contributed by atoms with Crippen LogP contribution in [0, 0.1) is 13.8 Å². The molecule has 2 aromatic rings. The van der Waals surface area contributed by atoms with E-state index in [1.54, 1.807) is 24.5 Å². The number of aromatic nitrogens is 2. The van der Waals surface area contributed by atoms with Gasteiger partial charge >= 0.3 is 23.7 Å². The monoisotopic (exact) mass is 382 g/mol. The highest BCUT2D eigenvalue weighted by molar-refractivity contribution is 7.16. The molecule has 24 heavy (non-hydrogen) atoms. The largest absolute Gasteiger partial charge is 0.396 e. The van der Waals surface area contributed by atoms with E-state index in [2.05, 4.69) is 9.97 Å². The number of carbonyl (C=O) groups excluding carboxylic acids is 2. The Bertz CT molecular complexity index is 710. The topological polar surface area (TPSA) is 84.0 Å². The third kappa shape index (κ3) is 3.53. The Morgan fingerprint density at radius 3 is 1.46 bits per heavy atom. The van der Waals surface area contributed by atoms with Crippen LogP contribution in [-0.4, -0.2) is 33.6 Å². The second-order valence-corrected chi connectivity index (χ2v) is 7.08. The molecule has 2 heterocycles. The van der Waals surface area contributed by atoms with Gasteiger partial charge in [-0.25, -0.2) is 9.97 Å². The molecule has 2 N–H and O–H groups in total. The second kappa shape index (κ2) is 6.43. The average molecular weight is 382 g/mol. The Balaban J connectivity index is 2.14. The molecule has 0 radical (unpaired) electrons. The van der Waals surface area contributed by atoms with Crippen LogP contribution >= 0.6 is 22.7 Å². The lowest BCUT2D eigenvalue weighted by Crippen LogP contribution is -2.56. The molecular weight excluding hydrogens is 372 g/mol. The van der Waals surface area contributed by atoms with Crippen molar-refractivity contribution < 1.29 is 27.2 Å². The van der Waals surface area contributed by atoms with E-state index in [0.29, 0.717) is 9.75 Å². The zero-order valence-corrected chi connectivity index (χ0v) is 13.8. The summed E-state index contributed by atoms with van der Waals surface area (Å²) >= 11 is 1.65. The smallest absolute Gasteiger partial charge is 0.296 e. The number of halogens is 4. The highest BCUT2D eigenvalue weighted by Crippen LogP contribution is 2.37. The third-order valence-electron chi connectivity index (χ3n) is 2.65. The van der Waals surface area contributed by atoms with Crippen LogP contribution in [0.3, 0.4) is 0 Å². The maximum Gasteiger partial charge on any atom is 0.396 e. The Morgan fingerprint density at radius 2 is 1.21 bits per heavy atom. The molecule has 2 rings (SSSR count). The number of nitrogens with zero attached hydrogens (tertiary/aromatic N) is 2. The predicted octanol–water partition coefficient (Wildman–Crippen LogP) is 3.06. The van der Waals surface area contributed by atoms with Crippen molar-refractivity contribution in [3.8, 4) is 0 Å². The molecule has 0 spiro atoms. The zero-order chi connectivity index (χ0) is 18.1. The molecule has 0 aliphatic carbocycles. The normalized spacial score (nSPS) is 12.1. The minimum atomic E-state index is -5.27. The second-order valence-electron chi connectivity index (χ2n) is 4.61. The van der Waals surface area contributed by atoms with E-state index in [-0.39, 0.29) is 10.3 Å². The van der Waals surface area contributed by atoms with E-state index in [0.717, 1.165) is 22.7 Å². The lowest BCUT2D eigenvalue weighted by Gasteiger charge is -2.23. The van der Waals surface area contributed by atoms with Gasteiger partial charge in [0.05, 0.1) is 0 Å². The number of rotatable bonds is 5. The molecule has 0 aliphatic heterocycles. The van der Waals surface area contributed by atoms with Crippen LogP contribution in [0.5, 0.6) is 0 Å². The number of anilines is 2. The van der Waals surface area contributed by atoms with Gasteiger partial charge in [-0.1, -0.05) is 0 Å². The van der Waals surface area contributed by atoms with Gasteiger partial charge in [0, 0.05) is 22.1 Å². The standard InChI is InChI=1S/C12H10F4N4O2S2/c1-5-3-17-9(23-5)19-7(21)11(13,14)12(15,16)8(22)20-10-18-4-6(2)24-10/h3-4H,1-2H3,(H,17,19,21)(H,18,20,22). The average Bonchev–Trinajstić information content (AvgIpc) is 3.07. The maximum absolute atomic E-state index is 13.8. The maximum atomic E-state index is 13.8. The molecule has 2 aromatic heterocycles. The van der Waals surface area contributed by atoms with E-state index < -0.39 is 23.7 Å². The molecule has 2 amide bonds. The molecule has 0 fully saturated rings. The van der Waals surface area contributed by atoms with Crippen molar-refractivity contribution in [1.82, 2.24) is 9.97 Å². The van der Waals surface area contributed by atoms with Crippen LogP contribution in [0.25, 0.3) is 0 Å². The number of amides is 2. The number of hydrogen-bond donors (Lipinski definition) is 2. The summed E-state index contributed by atoms with van der Waals surface area (Å²) in [6.07, 6.45) is 2.54. The van der Waals surface area contributed by atoms with Crippen LogP contribution in [0.4, 0.5) is 27.8 Å². The van der Waals surface area contributed by atoms with Crippen molar-refractivity contribution >= 4 is 44.8 Å². The minimum Gasteiger partial charge on any atom is -0.296 e. The van der Waals surface area contributed by atoms with Crippen LogP contribution in [-0.2, 0) is 9.59 Å². The minimum absolute atomic E-state index is 0.274. The van der Waals surface area contributed by atoms with Gasteiger partial charge in [0.15, 0.2) is 10.3 Å². The summed E-state index contributed by atoms with van der Waals surface area (Å²) in [4.78, 5) is 31.3. The number of aryl methyl sites for hydroxylation is 2. The van der Waals surface area contributed by atoms with Gasteiger partial charge in [-0.2, -0.15) is 17.6 Å². The van der Waals surface area contributed by atoms with Crippen molar-refractivity contribution in [2.45, 2.75) is 25.7 Å². The fourth-order valence-electron chi connectivity index (χ4n) is 1.46. The van der Waals surface area contributed by atoms with Crippen molar-refractivity contribution in [3.63, 3.8) is 0 Å². The molecule has 0 aliphatic rings. The Labute approximate surface area is 140 Å². The summed E-state index contributed by atoms with van der Waals surface area (Å²) in [5, 5.41) is 2.61. The molecular formula is C12H10F4N4O2S2. The van der Waals surface area contributed by atoms with Gasteiger partial charge in [0.1, 0.15) is 0 Å². The van der Waals surface area contributed by atoms with E-state index in [1.165, 1.54) is 12.4 Å². The van der Waals surface area contributed by atoms with Crippen LogP contribution in [0.2, 0.25) is 0 Å². The summed E-state index contributed by atoms with van der Waals surface area (Å²) < 4.78 is 55.1. The lowest BCUT2D eigenvalue weighted by atomic mass is 10.1. The first kappa shape index (κ1) is 18.3. The summed E-state index contributed by atoms with van der Waals surface area (Å²) in [5.74, 6) is -15.2. The number of alkyl halides is 4. The number of hydrogen-bond acceptors (Lipinski definition) is 6. The summed E-state index contributed by atoms with van der Waals surface area (Å²) in [7, 11) is 0. The fourth-order valence-corrected chi connectivity index (χ4v) is 2.78. The van der Waals surface area contributed by atoms with Crippen LogP contribution in [0.15, 0.2) is 12.4 Å². The van der Waals surface area contributed by atoms with Crippen molar-refractivity contribution in [2.24, 2.45) is 0 Å². The Hall–Kier alpha value is -2.08. The molecule has 0 saturated carbocycles. The number of thiazole rings is 2. The fraction of sp³-hybridized carbons (Fsp3) is 0.333. The van der Waals surface area contributed by atoms with E-state index in [9.17, 15) is 27.2 Å². The van der Waals surface area contributed by atoms with E-state index in [1.807, 2.05) is 0 Å². The van der Waals surface area contributed by atoms with E-state index >= 15 is 0 Å². The van der Waals surface area contributed by atoms with Crippen molar-refractivity contribution in [2.75, 3.05) is 10.6 Å². The van der Waals surface area contributed by atoms with E-state index in [4.69, 9.17) is 0 Å². The highest BCUT2D eigenvalue weighted by atomic mass is 32.1. The first-order chi connectivity index (χ1) is 11.0. The SMILES string of the molecule is Cc1cnc(NC(=O)C(F)(F)C(F)(F)C(=O)Nc2ncc(C)s2)s1. The predicted molar refractivity (Wildman–Crippen MR) is 80.9 cm³/mol. The van der Waals surface area contributed by atoms with Gasteiger partial charge in [-0.15, -0.1) is 22.7 Å².